The van der Waals surface area contributed by atoms with Crippen LogP contribution in [-0.2, 0) is 22.1 Å². The molecule has 1 aromatic heterocycles. The van der Waals surface area contributed by atoms with E-state index in [4.69, 9.17) is 15.5 Å². The van der Waals surface area contributed by atoms with E-state index in [1.54, 1.807) is 6.92 Å². The minimum Gasteiger partial charge on any atom is -0.343 e. The SMILES string of the molecule is CCn1c(CCC(C)(N)COP(=O)(O)O)ccc1C(=O)CCCCC1CCCCC1. The molecule has 0 spiro atoms. The Bertz CT molecular complexity index is 719. The molecular weight excluding hydrogens is 403 g/mol. The summed E-state index contributed by atoms with van der Waals surface area (Å²) >= 11 is 0. The summed E-state index contributed by atoms with van der Waals surface area (Å²) in [7, 11) is -4.53. The Morgan fingerprint density at radius 2 is 1.97 bits per heavy atom. The van der Waals surface area contributed by atoms with Crippen LogP contribution < -0.4 is 5.73 Å². The zero-order chi connectivity index (χ0) is 22.2. The zero-order valence-corrected chi connectivity index (χ0v) is 19.4. The Morgan fingerprint density at radius 1 is 1.27 bits per heavy atom. The molecule has 1 atom stereocenters. The lowest BCUT2D eigenvalue weighted by Crippen LogP contribution is -2.41. The van der Waals surface area contributed by atoms with E-state index in [0.29, 0.717) is 25.8 Å². The van der Waals surface area contributed by atoms with Crippen LogP contribution >= 0.6 is 7.82 Å². The summed E-state index contributed by atoms with van der Waals surface area (Å²) in [5, 5.41) is 0. The van der Waals surface area contributed by atoms with Crippen LogP contribution in [-0.4, -0.2) is 32.3 Å². The Balaban J connectivity index is 1.83. The summed E-state index contributed by atoms with van der Waals surface area (Å²) in [6.07, 6.45) is 11.8. The van der Waals surface area contributed by atoms with Crippen molar-refractivity contribution in [3.63, 3.8) is 0 Å². The average molecular weight is 443 g/mol. The third-order valence-corrected chi connectivity index (χ3v) is 6.64. The fourth-order valence-corrected chi connectivity index (χ4v) is 4.85. The molecule has 1 aliphatic rings. The second-order valence-corrected chi connectivity index (χ2v) is 10.3. The van der Waals surface area contributed by atoms with Gasteiger partial charge in [-0.15, -0.1) is 0 Å². The highest BCUT2D eigenvalue weighted by molar-refractivity contribution is 7.46. The van der Waals surface area contributed by atoms with Gasteiger partial charge >= 0.3 is 7.82 Å². The second kappa shape index (κ2) is 11.6. The van der Waals surface area contributed by atoms with Crippen LogP contribution in [0.4, 0.5) is 0 Å². The molecule has 0 bridgehead atoms. The van der Waals surface area contributed by atoms with Crippen molar-refractivity contribution in [1.29, 1.82) is 0 Å². The number of phosphoric acid groups is 1. The number of aryl methyl sites for hydroxylation is 1. The molecule has 172 valence electrons. The lowest BCUT2D eigenvalue weighted by molar-refractivity contribution is 0.0968. The maximum absolute atomic E-state index is 12.8. The summed E-state index contributed by atoms with van der Waals surface area (Å²) in [5.41, 5.74) is 7.02. The zero-order valence-electron chi connectivity index (χ0n) is 18.5. The fourth-order valence-electron chi connectivity index (χ4n) is 4.38. The number of unbranched alkanes of at least 4 members (excludes halogenated alkanes) is 1. The van der Waals surface area contributed by atoms with E-state index in [1.165, 1.54) is 38.5 Å². The van der Waals surface area contributed by atoms with Gasteiger partial charge in [0.2, 0.25) is 0 Å². The van der Waals surface area contributed by atoms with Crippen molar-refractivity contribution >= 4 is 13.6 Å². The van der Waals surface area contributed by atoms with Crippen LogP contribution in [0, 0.1) is 5.92 Å². The van der Waals surface area contributed by atoms with Crippen molar-refractivity contribution in [2.24, 2.45) is 11.7 Å². The van der Waals surface area contributed by atoms with Gasteiger partial charge in [-0.25, -0.2) is 4.57 Å². The summed E-state index contributed by atoms with van der Waals surface area (Å²) in [4.78, 5) is 30.5. The Kier molecular flexibility index (Phi) is 9.76. The average Bonchev–Trinajstić information content (AvgIpc) is 3.12. The van der Waals surface area contributed by atoms with Crippen molar-refractivity contribution in [1.82, 2.24) is 4.57 Å². The standard InChI is InChI=1S/C22H39N2O5P/c1-3-24-19(15-16-22(2,23)17-29-30(26,27)28)13-14-20(24)21(25)12-8-7-11-18-9-5-4-6-10-18/h13-14,18H,3-12,15-17,23H2,1-2H3,(H2,26,27,28). The number of nitrogens with two attached hydrogens (primary N) is 1. The molecule has 7 nitrogen and oxygen atoms in total. The number of hydrogen-bond donors (Lipinski definition) is 3. The molecule has 1 aromatic rings. The summed E-state index contributed by atoms with van der Waals surface area (Å²) in [6.45, 7) is 4.20. The maximum Gasteiger partial charge on any atom is 0.469 e. The molecule has 0 saturated heterocycles. The number of hydrogen-bond acceptors (Lipinski definition) is 4. The Morgan fingerprint density at radius 3 is 2.60 bits per heavy atom. The third-order valence-electron chi connectivity index (χ3n) is 6.18. The lowest BCUT2D eigenvalue weighted by atomic mass is 9.85. The molecule has 30 heavy (non-hydrogen) atoms. The predicted octanol–water partition coefficient (Wildman–Crippen LogP) is 4.59. The molecule has 0 radical (unpaired) electrons. The Hall–Kier alpha value is -0.980. The first-order valence-electron chi connectivity index (χ1n) is 11.3. The van der Waals surface area contributed by atoms with Crippen molar-refractivity contribution in [3.8, 4) is 0 Å². The van der Waals surface area contributed by atoms with E-state index < -0.39 is 13.4 Å². The minimum absolute atomic E-state index is 0.187. The van der Waals surface area contributed by atoms with Gasteiger partial charge < -0.3 is 20.1 Å². The smallest absolute Gasteiger partial charge is 0.343 e. The minimum atomic E-state index is -4.53. The highest BCUT2D eigenvalue weighted by Crippen LogP contribution is 2.37. The van der Waals surface area contributed by atoms with Crippen LogP contribution in [0.2, 0.25) is 0 Å². The van der Waals surface area contributed by atoms with Crippen LogP contribution in [0.5, 0.6) is 0 Å². The Labute approximate surface area is 180 Å². The first-order chi connectivity index (χ1) is 14.1. The molecule has 0 aromatic carbocycles. The van der Waals surface area contributed by atoms with E-state index in [2.05, 4.69) is 4.52 Å². The van der Waals surface area contributed by atoms with Gasteiger partial charge in [0.1, 0.15) is 0 Å². The van der Waals surface area contributed by atoms with E-state index >= 15 is 0 Å². The molecule has 0 amide bonds. The van der Waals surface area contributed by atoms with Gasteiger partial charge in [0.05, 0.1) is 12.3 Å². The number of nitrogens with zero attached hydrogens (tertiary/aromatic N) is 1. The molecule has 4 N–H and O–H groups in total. The quantitative estimate of drug-likeness (QED) is 0.234. The maximum atomic E-state index is 12.8. The van der Waals surface area contributed by atoms with Gasteiger partial charge in [0, 0.05) is 24.2 Å². The number of ketones is 1. The monoisotopic (exact) mass is 442 g/mol. The van der Waals surface area contributed by atoms with Crippen molar-refractivity contribution in [2.45, 2.75) is 96.6 Å². The van der Waals surface area contributed by atoms with Crippen LogP contribution in [0.25, 0.3) is 0 Å². The van der Waals surface area contributed by atoms with Gasteiger partial charge in [0.25, 0.3) is 0 Å². The topological polar surface area (TPSA) is 115 Å². The van der Waals surface area contributed by atoms with E-state index in [0.717, 1.165) is 30.1 Å². The van der Waals surface area contributed by atoms with Gasteiger partial charge in [-0.2, -0.15) is 0 Å². The van der Waals surface area contributed by atoms with Gasteiger partial charge in [-0.05, 0) is 51.2 Å². The number of rotatable bonds is 13. The fraction of sp³-hybridized carbons (Fsp3) is 0.773. The predicted molar refractivity (Wildman–Crippen MR) is 118 cm³/mol. The van der Waals surface area contributed by atoms with E-state index in [1.807, 2.05) is 23.6 Å². The van der Waals surface area contributed by atoms with E-state index in [9.17, 15) is 9.36 Å². The van der Waals surface area contributed by atoms with Crippen molar-refractivity contribution in [2.75, 3.05) is 6.61 Å². The molecule has 1 fully saturated rings. The number of Topliss-reactive ketones (excluding diaryl/α,β-unsaturated/α-hetero) is 1. The number of carbonyl (C=O) groups excluding carboxylic acids is 1. The molecule has 1 saturated carbocycles. The van der Waals surface area contributed by atoms with Gasteiger partial charge in [-0.1, -0.05) is 44.9 Å². The van der Waals surface area contributed by atoms with Crippen molar-refractivity contribution in [3.05, 3.63) is 23.5 Å². The lowest BCUT2D eigenvalue weighted by Gasteiger charge is -2.24. The summed E-state index contributed by atoms with van der Waals surface area (Å²) in [6, 6.07) is 3.85. The number of aromatic nitrogens is 1. The number of phosphoric ester groups is 1. The molecule has 1 heterocycles. The normalized spacial score (nSPS) is 17.8. The molecule has 1 aliphatic carbocycles. The second-order valence-electron chi connectivity index (χ2n) is 9.05. The molecule has 8 heteroatoms. The molecule has 1 unspecified atom stereocenters. The number of carbonyl (C=O) groups is 1. The third kappa shape index (κ3) is 8.64. The van der Waals surface area contributed by atoms with Crippen LogP contribution in [0.3, 0.4) is 0 Å². The summed E-state index contributed by atoms with van der Waals surface area (Å²) in [5.74, 6) is 1.05. The molecular formula is C22H39N2O5P. The van der Waals surface area contributed by atoms with Gasteiger partial charge in [-0.3, -0.25) is 9.32 Å². The first kappa shape index (κ1) is 25.3. The van der Waals surface area contributed by atoms with Crippen LogP contribution in [0.1, 0.15) is 94.2 Å². The van der Waals surface area contributed by atoms with Crippen LogP contribution in [0.15, 0.2) is 12.1 Å². The molecule has 0 aliphatic heterocycles. The summed E-state index contributed by atoms with van der Waals surface area (Å²) < 4.78 is 17.5. The highest BCUT2D eigenvalue weighted by atomic mass is 31.2. The largest absolute Gasteiger partial charge is 0.469 e. The highest BCUT2D eigenvalue weighted by Gasteiger charge is 2.25. The van der Waals surface area contributed by atoms with E-state index in [-0.39, 0.29) is 12.4 Å². The van der Waals surface area contributed by atoms with Gasteiger partial charge in [0.15, 0.2) is 5.78 Å². The molecule has 2 rings (SSSR count). The van der Waals surface area contributed by atoms with Crippen molar-refractivity contribution < 1.29 is 23.7 Å². The first-order valence-corrected chi connectivity index (χ1v) is 12.8.